The maximum atomic E-state index is 10.9. The molecular formula is C16H23NO3. The number of nitrogens with one attached hydrogen (secondary N) is 1. The van der Waals surface area contributed by atoms with Crippen LogP contribution in [0.25, 0.3) is 0 Å². The first kappa shape index (κ1) is 15.0. The number of aliphatic hydroxyl groups is 1. The molecule has 2 unspecified atom stereocenters. The van der Waals surface area contributed by atoms with E-state index in [-0.39, 0.29) is 6.61 Å². The number of carboxylic acids is 1. The van der Waals surface area contributed by atoms with E-state index in [1.165, 1.54) is 19.3 Å². The summed E-state index contributed by atoms with van der Waals surface area (Å²) in [5.41, 5.74) is 1.32. The number of hydrogen-bond acceptors (Lipinski definition) is 3. The molecule has 1 aromatic carbocycles. The smallest absolute Gasteiger partial charge is 0.335 e. The number of aromatic carboxylic acids is 1. The molecule has 0 bridgehead atoms. The van der Waals surface area contributed by atoms with E-state index in [4.69, 9.17) is 5.11 Å². The van der Waals surface area contributed by atoms with E-state index in [0.29, 0.717) is 23.9 Å². The van der Waals surface area contributed by atoms with Gasteiger partial charge in [-0.15, -0.1) is 0 Å². The second-order valence-corrected chi connectivity index (χ2v) is 5.62. The van der Waals surface area contributed by atoms with Crippen molar-refractivity contribution in [3.05, 3.63) is 35.4 Å². The lowest BCUT2D eigenvalue weighted by Crippen LogP contribution is -2.32. The van der Waals surface area contributed by atoms with Crippen LogP contribution in [0, 0.1) is 11.8 Å². The predicted octanol–water partition coefficient (Wildman–Crippen LogP) is 2.27. The molecule has 0 saturated heterocycles. The maximum Gasteiger partial charge on any atom is 0.335 e. The average Bonchev–Trinajstić information content (AvgIpc) is 2.48. The van der Waals surface area contributed by atoms with E-state index >= 15 is 0 Å². The van der Waals surface area contributed by atoms with Crippen molar-refractivity contribution in [1.29, 1.82) is 0 Å². The van der Waals surface area contributed by atoms with Crippen LogP contribution >= 0.6 is 0 Å². The summed E-state index contributed by atoms with van der Waals surface area (Å²) < 4.78 is 0. The lowest BCUT2D eigenvalue weighted by Gasteiger charge is -2.30. The third-order valence-corrected chi connectivity index (χ3v) is 4.21. The minimum atomic E-state index is -0.889. The van der Waals surface area contributed by atoms with Crippen LogP contribution in [0.2, 0.25) is 0 Å². The van der Waals surface area contributed by atoms with Gasteiger partial charge in [0.25, 0.3) is 0 Å². The number of carboxylic acid groups (broad SMARTS) is 1. The Hall–Kier alpha value is -1.39. The fraction of sp³-hybridized carbons (Fsp3) is 0.562. The van der Waals surface area contributed by atoms with Crippen molar-refractivity contribution in [2.45, 2.75) is 32.2 Å². The van der Waals surface area contributed by atoms with Crippen molar-refractivity contribution in [2.75, 3.05) is 13.2 Å². The van der Waals surface area contributed by atoms with Crippen molar-refractivity contribution in [1.82, 2.24) is 5.32 Å². The highest BCUT2D eigenvalue weighted by molar-refractivity contribution is 5.87. The van der Waals surface area contributed by atoms with Crippen molar-refractivity contribution >= 4 is 5.97 Å². The van der Waals surface area contributed by atoms with Gasteiger partial charge in [-0.3, -0.25) is 0 Å². The van der Waals surface area contributed by atoms with Crippen LogP contribution in [0.3, 0.4) is 0 Å². The first-order valence-electron chi connectivity index (χ1n) is 7.34. The molecule has 0 aliphatic heterocycles. The lowest BCUT2D eigenvalue weighted by molar-refractivity contribution is 0.0696. The summed E-state index contributed by atoms with van der Waals surface area (Å²) in [6.07, 6.45) is 4.77. The van der Waals surface area contributed by atoms with Crippen LogP contribution < -0.4 is 5.32 Å². The highest BCUT2D eigenvalue weighted by Crippen LogP contribution is 2.29. The Bertz CT molecular complexity index is 447. The summed E-state index contributed by atoms with van der Waals surface area (Å²) in [5, 5.41) is 21.7. The molecule has 4 nitrogen and oxygen atoms in total. The molecule has 0 spiro atoms. The van der Waals surface area contributed by atoms with Crippen molar-refractivity contribution in [2.24, 2.45) is 11.8 Å². The molecular weight excluding hydrogens is 254 g/mol. The quantitative estimate of drug-likeness (QED) is 0.746. The zero-order chi connectivity index (χ0) is 14.4. The van der Waals surface area contributed by atoms with E-state index in [1.54, 1.807) is 18.2 Å². The summed E-state index contributed by atoms with van der Waals surface area (Å²) in [5.74, 6) is 0.0671. The monoisotopic (exact) mass is 277 g/mol. The van der Waals surface area contributed by atoms with Crippen LogP contribution in [0.4, 0.5) is 0 Å². The molecule has 1 aliphatic carbocycles. The molecule has 1 fully saturated rings. The molecule has 0 aromatic heterocycles. The third-order valence-electron chi connectivity index (χ3n) is 4.21. The van der Waals surface area contributed by atoms with Gasteiger partial charge in [0.05, 0.1) is 5.56 Å². The molecule has 110 valence electrons. The molecule has 4 heteroatoms. The highest BCUT2D eigenvalue weighted by atomic mass is 16.4. The van der Waals surface area contributed by atoms with Gasteiger partial charge < -0.3 is 15.5 Å². The fourth-order valence-electron chi connectivity index (χ4n) is 3.01. The standard InChI is InChI=1S/C16H23NO3/c18-11-15-6-2-1-5-14(15)10-17-9-12-4-3-7-13(8-12)16(19)20/h3-4,7-8,14-15,17-18H,1-2,5-6,9-11H2,(H,19,20). The van der Waals surface area contributed by atoms with E-state index in [0.717, 1.165) is 18.5 Å². The van der Waals surface area contributed by atoms with Gasteiger partial charge in [-0.25, -0.2) is 4.79 Å². The molecule has 1 aliphatic rings. The first-order chi connectivity index (χ1) is 9.70. The number of aliphatic hydroxyl groups excluding tert-OH is 1. The molecule has 2 atom stereocenters. The highest BCUT2D eigenvalue weighted by Gasteiger charge is 2.23. The topological polar surface area (TPSA) is 69.6 Å². The van der Waals surface area contributed by atoms with E-state index < -0.39 is 5.97 Å². The Balaban J connectivity index is 1.83. The zero-order valence-corrected chi connectivity index (χ0v) is 11.7. The SMILES string of the molecule is O=C(O)c1cccc(CNCC2CCCCC2CO)c1. The van der Waals surface area contributed by atoms with Gasteiger partial charge >= 0.3 is 5.97 Å². The molecule has 20 heavy (non-hydrogen) atoms. The Morgan fingerprint density at radius 3 is 2.70 bits per heavy atom. The number of hydrogen-bond donors (Lipinski definition) is 3. The second kappa shape index (κ2) is 7.41. The lowest BCUT2D eigenvalue weighted by atomic mass is 9.79. The minimum absolute atomic E-state index is 0.279. The summed E-state index contributed by atoms with van der Waals surface area (Å²) in [6, 6.07) is 7.02. The molecule has 0 heterocycles. The Labute approximate surface area is 119 Å². The van der Waals surface area contributed by atoms with Gasteiger partial charge in [0.1, 0.15) is 0 Å². The number of benzene rings is 1. The largest absolute Gasteiger partial charge is 0.478 e. The molecule has 0 amide bonds. The number of rotatable bonds is 6. The van der Waals surface area contributed by atoms with Gasteiger partial charge in [-0.05, 0) is 48.9 Å². The normalized spacial score (nSPS) is 22.6. The van der Waals surface area contributed by atoms with Gasteiger partial charge in [-0.2, -0.15) is 0 Å². The van der Waals surface area contributed by atoms with Crippen LogP contribution in [0.1, 0.15) is 41.6 Å². The maximum absolute atomic E-state index is 10.9. The van der Waals surface area contributed by atoms with Gasteiger partial charge in [-0.1, -0.05) is 25.0 Å². The van der Waals surface area contributed by atoms with Gasteiger partial charge in [0.15, 0.2) is 0 Å². The fourth-order valence-corrected chi connectivity index (χ4v) is 3.01. The first-order valence-corrected chi connectivity index (χ1v) is 7.34. The van der Waals surface area contributed by atoms with Crippen molar-refractivity contribution in [3.8, 4) is 0 Å². The van der Waals surface area contributed by atoms with Crippen LogP contribution in [0.15, 0.2) is 24.3 Å². The Morgan fingerprint density at radius 2 is 2.00 bits per heavy atom. The Morgan fingerprint density at radius 1 is 1.25 bits per heavy atom. The van der Waals surface area contributed by atoms with Crippen LogP contribution in [0.5, 0.6) is 0 Å². The van der Waals surface area contributed by atoms with E-state index in [9.17, 15) is 9.90 Å². The third kappa shape index (κ3) is 4.05. The molecule has 1 saturated carbocycles. The molecule has 0 radical (unpaired) electrons. The van der Waals surface area contributed by atoms with Crippen LogP contribution in [-0.2, 0) is 6.54 Å². The predicted molar refractivity (Wildman–Crippen MR) is 77.6 cm³/mol. The summed E-state index contributed by atoms with van der Waals surface area (Å²) in [7, 11) is 0. The number of carbonyl (C=O) groups is 1. The second-order valence-electron chi connectivity index (χ2n) is 5.62. The van der Waals surface area contributed by atoms with Crippen molar-refractivity contribution in [3.63, 3.8) is 0 Å². The summed E-state index contributed by atoms with van der Waals surface area (Å²) >= 11 is 0. The summed E-state index contributed by atoms with van der Waals surface area (Å²) in [4.78, 5) is 10.9. The van der Waals surface area contributed by atoms with E-state index in [2.05, 4.69) is 5.32 Å². The Kier molecular flexibility index (Phi) is 5.56. The zero-order valence-electron chi connectivity index (χ0n) is 11.7. The summed E-state index contributed by atoms with van der Waals surface area (Å²) in [6.45, 7) is 1.85. The van der Waals surface area contributed by atoms with E-state index in [1.807, 2.05) is 6.07 Å². The molecule has 2 rings (SSSR count). The molecule has 1 aromatic rings. The van der Waals surface area contributed by atoms with Crippen LogP contribution in [-0.4, -0.2) is 29.3 Å². The van der Waals surface area contributed by atoms with Crippen molar-refractivity contribution < 1.29 is 15.0 Å². The average molecular weight is 277 g/mol. The van der Waals surface area contributed by atoms with Gasteiger partial charge in [0, 0.05) is 13.2 Å². The molecule has 3 N–H and O–H groups in total. The minimum Gasteiger partial charge on any atom is -0.478 e. The van der Waals surface area contributed by atoms with Gasteiger partial charge in [0.2, 0.25) is 0 Å².